The standard InChI is InChI=1S/C26H27N3O3S/c1-28(24(32)26(17-23(30)31)15-19-9-5-6-10-20(19)16-26)25-27-21-12-11-18(14-22(21)33-25)8-7-13-29(2,3)4/h5-6,9-12,14H,13,15-17H2,1-4H3. The molecule has 0 bridgehead atoms. The highest BCUT2D eigenvalue weighted by Crippen LogP contribution is 2.42. The van der Waals surface area contributed by atoms with E-state index in [2.05, 4.69) is 38.0 Å². The number of hydrogen-bond acceptors (Lipinski definition) is 5. The van der Waals surface area contributed by atoms with Crippen molar-refractivity contribution < 1.29 is 19.2 Å². The van der Waals surface area contributed by atoms with Gasteiger partial charge in [-0.2, -0.15) is 0 Å². The normalized spacial score (nSPS) is 14.4. The van der Waals surface area contributed by atoms with Crippen molar-refractivity contribution in [3.8, 4) is 11.8 Å². The third-order valence-electron chi connectivity index (χ3n) is 5.87. The van der Waals surface area contributed by atoms with Crippen LogP contribution in [0.25, 0.3) is 10.2 Å². The number of rotatable bonds is 5. The summed E-state index contributed by atoms with van der Waals surface area (Å²) in [7, 11) is 7.95. The summed E-state index contributed by atoms with van der Waals surface area (Å²) in [6.07, 6.45) is 0.455. The van der Waals surface area contributed by atoms with Gasteiger partial charge in [0.05, 0.1) is 36.8 Å². The molecule has 0 radical (unpaired) electrons. The molecule has 2 aromatic carbocycles. The maximum Gasteiger partial charge on any atom is 0.235 e. The van der Waals surface area contributed by atoms with Crippen LogP contribution < -0.4 is 10.0 Å². The molecule has 0 unspecified atom stereocenters. The molecule has 1 amide bonds. The van der Waals surface area contributed by atoms with E-state index in [0.29, 0.717) is 18.0 Å². The van der Waals surface area contributed by atoms with Crippen molar-refractivity contribution in [1.29, 1.82) is 0 Å². The number of carbonyl (C=O) groups is 2. The molecule has 0 aliphatic heterocycles. The number of fused-ring (bicyclic) bond motifs is 2. The first-order chi connectivity index (χ1) is 15.6. The van der Waals surface area contributed by atoms with E-state index in [4.69, 9.17) is 0 Å². The van der Waals surface area contributed by atoms with E-state index in [-0.39, 0.29) is 12.3 Å². The topological polar surface area (TPSA) is 73.3 Å². The summed E-state index contributed by atoms with van der Waals surface area (Å²) >= 11 is 1.41. The summed E-state index contributed by atoms with van der Waals surface area (Å²) in [5.74, 6) is 4.94. The summed E-state index contributed by atoms with van der Waals surface area (Å²) < 4.78 is 1.70. The first-order valence-electron chi connectivity index (χ1n) is 10.8. The van der Waals surface area contributed by atoms with Crippen molar-refractivity contribution >= 4 is 38.6 Å². The number of carboxylic acids is 1. The van der Waals surface area contributed by atoms with Crippen LogP contribution in [-0.4, -0.2) is 56.1 Å². The highest BCUT2D eigenvalue weighted by molar-refractivity contribution is 7.22. The summed E-state index contributed by atoms with van der Waals surface area (Å²) in [5.41, 5.74) is 2.66. The van der Waals surface area contributed by atoms with E-state index in [1.54, 1.807) is 7.05 Å². The highest BCUT2D eigenvalue weighted by Gasteiger charge is 2.45. The molecule has 1 aliphatic carbocycles. The number of amides is 1. The van der Waals surface area contributed by atoms with E-state index >= 15 is 0 Å². The Labute approximate surface area is 198 Å². The predicted octanol–water partition coefficient (Wildman–Crippen LogP) is 2.24. The van der Waals surface area contributed by atoms with Crippen molar-refractivity contribution in [3.05, 3.63) is 59.2 Å². The van der Waals surface area contributed by atoms with Gasteiger partial charge < -0.3 is 14.4 Å². The second kappa shape index (κ2) is 8.62. The van der Waals surface area contributed by atoms with Gasteiger partial charge in [-0.1, -0.05) is 41.5 Å². The predicted molar refractivity (Wildman–Crippen MR) is 129 cm³/mol. The van der Waals surface area contributed by atoms with Crippen LogP contribution >= 0.6 is 11.3 Å². The number of benzene rings is 2. The molecule has 1 aliphatic rings. The molecule has 6 nitrogen and oxygen atoms in total. The second-order valence-corrected chi connectivity index (χ2v) is 10.8. The summed E-state index contributed by atoms with van der Waals surface area (Å²) in [4.78, 5) is 31.4. The van der Waals surface area contributed by atoms with Crippen molar-refractivity contribution in [2.24, 2.45) is 5.41 Å². The molecule has 3 aromatic rings. The van der Waals surface area contributed by atoms with Crippen LogP contribution in [0.2, 0.25) is 0 Å². The zero-order valence-electron chi connectivity index (χ0n) is 19.3. The Morgan fingerprint density at radius 2 is 1.82 bits per heavy atom. The van der Waals surface area contributed by atoms with Crippen LogP contribution in [0, 0.1) is 17.3 Å². The third-order valence-corrected chi connectivity index (χ3v) is 6.96. The van der Waals surface area contributed by atoms with Gasteiger partial charge in [0.25, 0.3) is 0 Å². The zero-order valence-corrected chi connectivity index (χ0v) is 20.2. The summed E-state index contributed by atoms with van der Waals surface area (Å²) in [6.45, 7) is 0.742. The summed E-state index contributed by atoms with van der Waals surface area (Å²) in [5, 5.41) is 12.1. The molecule has 0 atom stereocenters. The number of aromatic nitrogens is 1. The Morgan fingerprint density at radius 1 is 1.15 bits per heavy atom. The van der Waals surface area contributed by atoms with Crippen molar-refractivity contribution in [1.82, 2.24) is 4.98 Å². The Bertz CT molecular complexity index is 1270. The zero-order chi connectivity index (χ0) is 23.8. The van der Waals surface area contributed by atoms with Crippen LogP contribution in [0.1, 0.15) is 23.1 Å². The van der Waals surface area contributed by atoms with Crippen LogP contribution in [-0.2, 0) is 22.4 Å². The lowest BCUT2D eigenvalue weighted by Crippen LogP contribution is -2.46. The van der Waals surface area contributed by atoms with Gasteiger partial charge in [-0.15, -0.1) is 0 Å². The van der Waals surface area contributed by atoms with Gasteiger partial charge in [0.2, 0.25) is 5.91 Å². The van der Waals surface area contributed by atoms with Crippen LogP contribution in [0.4, 0.5) is 5.13 Å². The molecular formula is C26H27N3O3S. The number of thiazole rings is 1. The minimum Gasteiger partial charge on any atom is -0.550 e. The van der Waals surface area contributed by atoms with E-state index in [0.717, 1.165) is 37.9 Å². The maximum absolute atomic E-state index is 13.6. The van der Waals surface area contributed by atoms with E-state index in [1.165, 1.54) is 16.2 Å². The number of nitrogens with zero attached hydrogens (tertiary/aromatic N) is 3. The first-order valence-corrected chi connectivity index (χ1v) is 11.6. The minimum atomic E-state index is -1.22. The molecule has 0 fully saturated rings. The molecule has 0 saturated heterocycles. The fourth-order valence-electron chi connectivity index (χ4n) is 4.28. The van der Waals surface area contributed by atoms with Crippen molar-refractivity contribution in [3.63, 3.8) is 0 Å². The number of hydrogen-bond donors (Lipinski definition) is 0. The lowest BCUT2D eigenvalue weighted by molar-refractivity contribution is -0.862. The third kappa shape index (κ3) is 4.92. The monoisotopic (exact) mass is 461 g/mol. The van der Waals surface area contributed by atoms with Gasteiger partial charge in [0.15, 0.2) is 5.13 Å². The average Bonchev–Trinajstić information content (AvgIpc) is 3.32. The Morgan fingerprint density at radius 3 is 2.42 bits per heavy atom. The number of carbonyl (C=O) groups excluding carboxylic acids is 2. The van der Waals surface area contributed by atoms with Crippen LogP contribution in [0.5, 0.6) is 0 Å². The van der Waals surface area contributed by atoms with Crippen LogP contribution in [0.15, 0.2) is 42.5 Å². The molecule has 4 rings (SSSR count). The van der Waals surface area contributed by atoms with Gasteiger partial charge in [-0.3, -0.25) is 9.69 Å². The van der Waals surface area contributed by atoms with Crippen molar-refractivity contribution in [2.45, 2.75) is 19.3 Å². The van der Waals surface area contributed by atoms with E-state index in [1.807, 2.05) is 42.5 Å². The molecule has 0 N–H and O–H groups in total. The maximum atomic E-state index is 13.6. The Hall–Kier alpha value is -3.21. The van der Waals surface area contributed by atoms with Gasteiger partial charge in [0.1, 0.15) is 6.54 Å². The lowest BCUT2D eigenvalue weighted by Gasteiger charge is -2.31. The molecule has 1 aromatic heterocycles. The largest absolute Gasteiger partial charge is 0.550 e. The van der Waals surface area contributed by atoms with Gasteiger partial charge in [0, 0.05) is 25.0 Å². The van der Waals surface area contributed by atoms with Gasteiger partial charge >= 0.3 is 0 Å². The first kappa shape index (κ1) is 23.0. The molecule has 0 spiro atoms. The molecule has 1 heterocycles. The molecule has 7 heteroatoms. The Balaban J connectivity index is 1.61. The smallest absolute Gasteiger partial charge is 0.235 e. The van der Waals surface area contributed by atoms with E-state index < -0.39 is 11.4 Å². The van der Waals surface area contributed by atoms with Gasteiger partial charge in [-0.05, 0) is 48.1 Å². The number of carboxylic acid groups (broad SMARTS) is 1. The SMILES string of the molecule is CN(C(=O)C1(CC(=O)[O-])Cc2ccccc2C1)c1nc2ccc(C#CC[N+](C)(C)C)cc2s1. The summed E-state index contributed by atoms with van der Waals surface area (Å²) in [6, 6.07) is 13.6. The number of anilines is 1. The fourth-order valence-corrected chi connectivity index (χ4v) is 5.24. The number of aliphatic carboxylic acids is 1. The average molecular weight is 462 g/mol. The highest BCUT2D eigenvalue weighted by atomic mass is 32.1. The Kier molecular flexibility index (Phi) is 6.00. The van der Waals surface area contributed by atoms with E-state index in [9.17, 15) is 14.7 Å². The molecular weight excluding hydrogens is 434 g/mol. The van der Waals surface area contributed by atoms with Crippen LogP contribution in [0.3, 0.4) is 0 Å². The fraction of sp³-hybridized carbons (Fsp3) is 0.346. The molecule has 0 saturated carbocycles. The number of quaternary nitrogens is 1. The van der Waals surface area contributed by atoms with Gasteiger partial charge in [-0.25, -0.2) is 4.98 Å². The molecule has 170 valence electrons. The van der Waals surface area contributed by atoms with Crippen molar-refractivity contribution in [2.75, 3.05) is 39.6 Å². The minimum absolute atomic E-state index is 0.245. The quantitative estimate of drug-likeness (QED) is 0.432. The molecule has 33 heavy (non-hydrogen) atoms. The lowest BCUT2D eigenvalue weighted by atomic mass is 9.80. The second-order valence-electron chi connectivity index (χ2n) is 9.74.